The smallest absolute Gasteiger partial charge is 0.243 e. The summed E-state index contributed by atoms with van der Waals surface area (Å²) in [7, 11) is 0.782. The summed E-state index contributed by atoms with van der Waals surface area (Å²) in [5.74, 6) is 0.959. The van der Waals surface area contributed by atoms with Crippen LogP contribution in [-0.4, -0.2) is 71.1 Å². The van der Waals surface area contributed by atoms with Gasteiger partial charge in [0.05, 0.1) is 32.2 Å². The van der Waals surface area contributed by atoms with Crippen LogP contribution in [0.4, 0.5) is 0 Å². The van der Waals surface area contributed by atoms with Crippen LogP contribution in [0.2, 0.25) is 5.02 Å². The molecule has 0 spiro atoms. The third kappa shape index (κ3) is 8.43. The van der Waals surface area contributed by atoms with Crippen molar-refractivity contribution in [2.45, 2.75) is 31.2 Å². The summed E-state index contributed by atoms with van der Waals surface area (Å²) in [4.78, 5) is 16.6. The maximum atomic E-state index is 13.7. The quantitative estimate of drug-likeness (QED) is 0.230. The van der Waals surface area contributed by atoms with Crippen molar-refractivity contribution in [3.8, 4) is 11.5 Å². The topological polar surface area (TPSA) is 85.4 Å². The normalized spacial score (nSPS) is 11.5. The molecule has 1 heterocycles. The third-order valence-electron chi connectivity index (χ3n) is 6.29. The summed E-state index contributed by atoms with van der Waals surface area (Å²) in [5.41, 5.74) is 2.06. The van der Waals surface area contributed by atoms with Crippen molar-refractivity contribution in [1.82, 2.24) is 9.21 Å². The molecule has 2 aromatic carbocycles. The van der Waals surface area contributed by atoms with Crippen molar-refractivity contribution in [2.75, 3.05) is 47.6 Å². The summed E-state index contributed by atoms with van der Waals surface area (Å²) in [5, 5.41) is 2.42. The van der Waals surface area contributed by atoms with Gasteiger partial charge in [0, 0.05) is 36.7 Å². The second kappa shape index (κ2) is 14.7. The summed E-state index contributed by atoms with van der Waals surface area (Å²) in [6, 6.07) is 13.6. The lowest BCUT2D eigenvalue weighted by Crippen LogP contribution is -2.43. The van der Waals surface area contributed by atoms with Gasteiger partial charge in [-0.05, 0) is 78.7 Å². The molecule has 0 aliphatic heterocycles. The van der Waals surface area contributed by atoms with E-state index in [0.717, 1.165) is 16.0 Å². The highest BCUT2D eigenvalue weighted by atomic mass is 35.5. The standard InChI is InChI=1S/C28H35ClN2O6S2/c1-21-13-17-38-27(21)19-30(15-12-22-6-11-25(36-3)26(18-22)37-4)28(32)20-31(14-5-16-35-2)39(33,34)24-9-7-23(29)8-10-24/h6-11,13,17-18H,5,12,14-16,19-20H2,1-4H3. The van der Waals surface area contributed by atoms with E-state index in [1.807, 2.05) is 36.6 Å². The minimum absolute atomic E-state index is 0.0862. The number of sulfonamides is 1. The third-order valence-corrected chi connectivity index (χ3v) is 9.41. The number of carbonyl (C=O) groups excluding carboxylic acids is 1. The minimum Gasteiger partial charge on any atom is -0.493 e. The van der Waals surface area contributed by atoms with Crippen LogP contribution in [0.25, 0.3) is 0 Å². The molecule has 11 heteroatoms. The number of hydrogen-bond acceptors (Lipinski definition) is 7. The molecule has 0 saturated carbocycles. The number of benzene rings is 2. The molecule has 0 fully saturated rings. The van der Waals surface area contributed by atoms with E-state index in [4.69, 9.17) is 25.8 Å². The Morgan fingerprint density at radius 2 is 1.69 bits per heavy atom. The first-order valence-corrected chi connectivity index (χ1v) is 15.2. The molecular weight excluding hydrogens is 560 g/mol. The van der Waals surface area contributed by atoms with Crippen molar-refractivity contribution < 1.29 is 27.4 Å². The number of methoxy groups -OCH3 is 3. The average molecular weight is 595 g/mol. The molecule has 0 radical (unpaired) electrons. The van der Waals surface area contributed by atoms with Crippen molar-refractivity contribution in [1.29, 1.82) is 0 Å². The molecule has 212 valence electrons. The molecule has 0 N–H and O–H groups in total. The van der Waals surface area contributed by atoms with Gasteiger partial charge in [0.2, 0.25) is 15.9 Å². The minimum atomic E-state index is -3.94. The predicted molar refractivity (Wildman–Crippen MR) is 154 cm³/mol. The summed E-state index contributed by atoms with van der Waals surface area (Å²) in [6.45, 7) is 3.03. The summed E-state index contributed by atoms with van der Waals surface area (Å²) >= 11 is 7.55. The maximum absolute atomic E-state index is 13.7. The van der Waals surface area contributed by atoms with E-state index < -0.39 is 10.0 Å². The fourth-order valence-corrected chi connectivity index (χ4v) is 6.48. The lowest BCUT2D eigenvalue weighted by molar-refractivity contribution is -0.132. The number of rotatable bonds is 15. The van der Waals surface area contributed by atoms with Crippen LogP contribution >= 0.6 is 22.9 Å². The van der Waals surface area contributed by atoms with Gasteiger partial charge in [0.1, 0.15) is 0 Å². The number of nitrogens with zero attached hydrogens (tertiary/aromatic N) is 2. The molecular formula is C28H35ClN2O6S2. The van der Waals surface area contributed by atoms with Crippen LogP contribution in [0.1, 0.15) is 22.4 Å². The Balaban J connectivity index is 1.85. The first kappa shape index (κ1) is 30.9. The molecule has 3 aromatic rings. The Morgan fingerprint density at radius 1 is 0.974 bits per heavy atom. The van der Waals surface area contributed by atoms with Crippen molar-refractivity contribution >= 4 is 38.9 Å². The average Bonchev–Trinajstić information content (AvgIpc) is 3.34. The van der Waals surface area contributed by atoms with Crippen LogP contribution in [0.5, 0.6) is 11.5 Å². The Labute approximate surface area is 240 Å². The van der Waals surface area contributed by atoms with Crippen LogP contribution in [0.15, 0.2) is 58.8 Å². The molecule has 1 aromatic heterocycles. The number of halogens is 1. The van der Waals surface area contributed by atoms with E-state index in [9.17, 15) is 13.2 Å². The van der Waals surface area contributed by atoms with E-state index in [-0.39, 0.29) is 23.9 Å². The molecule has 1 amide bonds. The predicted octanol–water partition coefficient (Wildman–Crippen LogP) is 5.03. The highest BCUT2D eigenvalue weighted by Gasteiger charge is 2.28. The highest BCUT2D eigenvalue weighted by molar-refractivity contribution is 7.89. The first-order chi connectivity index (χ1) is 18.7. The van der Waals surface area contributed by atoms with E-state index in [0.29, 0.717) is 49.1 Å². The molecule has 0 unspecified atom stereocenters. The summed E-state index contributed by atoms with van der Waals surface area (Å²) in [6.07, 6.45) is 1.01. The fourth-order valence-electron chi connectivity index (χ4n) is 4.01. The van der Waals surface area contributed by atoms with Gasteiger partial charge in [-0.1, -0.05) is 17.7 Å². The van der Waals surface area contributed by atoms with Gasteiger partial charge in [-0.25, -0.2) is 8.42 Å². The zero-order chi connectivity index (χ0) is 28.4. The van der Waals surface area contributed by atoms with Gasteiger partial charge >= 0.3 is 0 Å². The number of thiophene rings is 1. The Morgan fingerprint density at radius 3 is 2.31 bits per heavy atom. The van der Waals surface area contributed by atoms with Crippen LogP contribution in [-0.2, 0) is 32.5 Å². The van der Waals surface area contributed by atoms with Gasteiger partial charge in [-0.15, -0.1) is 11.3 Å². The number of carbonyl (C=O) groups is 1. The second-order valence-corrected chi connectivity index (χ2v) is 12.3. The molecule has 0 bridgehead atoms. The highest BCUT2D eigenvalue weighted by Crippen LogP contribution is 2.28. The van der Waals surface area contributed by atoms with E-state index in [1.54, 1.807) is 37.6 Å². The number of hydrogen-bond donors (Lipinski definition) is 0. The maximum Gasteiger partial charge on any atom is 0.243 e. The van der Waals surface area contributed by atoms with Crippen molar-refractivity contribution in [2.24, 2.45) is 0 Å². The van der Waals surface area contributed by atoms with Crippen LogP contribution < -0.4 is 9.47 Å². The molecule has 3 rings (SSSR count). The van der Waals surface area contributed by atoms with Crippen LogP contribution in [0.3, 0.4) is 0 Å². The molecule has 39 heavy (non-hydrogen) atoms. The lowest BCUT2D eigenvalue weighted by Gasteiger charge is -2.27. The Bertz CT molecular complexity index is 1330. The van der Waals surface area contributed by atoms with Crippen molar-refractivity contribution in [3.63, 3.8) is 0 Å². The van der Waals surface area contributed by atoms with Gasteiger partial charge < -0.3 is 19.1 Å². The molecule has 8 nitrogen and oxygen atoms in total. The Hall–Kier alpha value is -2.63. The van der Waals surface area contributed by atoms with E-state index >= 15 is 0 Å². The Kier molecular flexibility index (Phi) is 11.6. The van der Waals surface area contributed by atoms with Gasteiger partial charge in [-0.3, -0.25) is 4.79 Å². The molecule has 0 aliphatic rings. The number of aryl methyl sites for hydroxylation is 1. The van der Waals surface area contributed by atoms with Gasteiger partial charge in [-0.2, -0.15) is 4.31 Å². The number of ether oxygens (including phenoxy) is 3. The van der Waals surface area contributed by atoms with Crippen LogP contribution in [0, 0.1) is 6.92 Å². The zero-order valence-corrected chi connectivity index (χ0v) is 25.1. The largest absolute Gasteiger partial charge is 0.493 e. The fraction of sp³-hybridized carbons (Fsp3) is 0.393. The monoisotopic (exact) mass is 594 g/mol. The molecule has 0 atom stereocenters. The molecule has 0 saturated heterocycles. The zero-order valence-electron chi connectivity index (χ0n) is 22.7. The molecule has 0 aliphatic carbocycles. The first-order valence-electron chi connectivity index (χ1n) is 12.5. The second-order valence-electron chi connectivity index (χ2n) is 8.92. The lowest BCUT2D eigenvalue weighted by atomic mass is 10.1. The van der Waals surface area contributed by atoms with E-state index in [1.165, 1.54) is 28.6 Å². The van der Waals surface area contributed by atoms with Crippen molar-refractivity contribution in [3.05, 3.63) is 74.9 Å². The van der Waals surface area contributed by atoms with Gasteiger partial charge in [0.15, 0.2) is 11.5 Å². The summed E-state index contributed by atoms with van der Waals surface area (Å²) < 4.78 is 44.2. The number of amides is 1. The van der Waals surface area contributed by atoms with E-state index in [2.05, 4.69) is 0 Å². The van der Waals surface area contributed by atoms with Gasteiger partial charge in [0.25, 0.3) is 0 Å². The SMILES string of the molecule is COCCCN(CC(=O)N(CCc1ccc(OC)c(OC)c1)Cc1sccc1C)S(=O)(=O)c1ccc(Cl)cc1.